The van der Waals surface area contributed by atoms with Gasteiger partial charge in [0.25, 0.3) is 0 Å². The smallest absolute Gasteiger partial charge is 0.370 e. The minimum Gasteiger partial charge on any atom is -0.370 e. The summed E-state index contributed by atoms with van der Waals surface area (Å²) in [5.74, 6) is -0.0100. The molecule has 1 aromatic rings. The molecule has 0 aromatic carbocycles. The molecule has 0 aliphatic heterocycles. The molecule has 114 valence electrons. The average molecular weight is 332 g/mol. The van der Waals surface area contributed by atoms with Crippen molar-refractivity contribution in [2.45, 2.75) is 12.6 Å². The number of sulfonamides is 1. The molecule has 0 radical (unpaired) electrons. The molecule has 0 atom stereocenters. The summed E-state index contributed by atoms with van der Waals surface area (Å²) in [7, 11) is -3.27. The van der Waals surface area contributed by atoms with Crippen LogP contribution in [0, 0.1) is 0 Å². The highest BCUT2D eigenvalue weighted by molar-refractivity contribution is 7.88. The van der Waals surface area contributed by atoms with Crippen molar-refractivity contribution in [1.29, 1.82) is 0 Å². The van der Waals surface area contributed by atoms with Gasteiger partial charge < -0.3 is 5.32 Å². The van der Waals surface area contributed by atoms with Gasteiger partial charge in [0.05, 0.1) is 11.8 Å². The summed E-state index contributed by atoms with van der Waals surface area (Å²) in [6, 6.07) is 1.58. The van der Waals surface area contributed by atoms with Gasteiger partial charge in [-0.3, -0.25) is 0 Å². The first kappa shape index (κ1) is 17.0. The molecule has 1 aromatic heterocycles. The molecule has 0 spiro atoms. The molecule has 0 unspecified atom stereocenters. The maximum atomic E-state index is 12.5. The molecule has 5 nitrogen and oxygen atoms in total. The minimum atomic E-state index is -4.50. The van der Waals surface area contributed by atoms with Gasteiger partial charge in [-0.05, 0) is 18.6 Å². The van der Waals surface area contributed by atoms with E-state index in [-0.39, 0.29) is 24.1 Å². The summed E-state index contributed by atoms with van der Waals surface area (Å²) >= 11 is 5.51. The second-order valence-electron chi connectivity index (χ2n) is 4.01. The summed E-state index contributed by atoms with van der Waals surface area (Å²) in [5.41, 5.74) is -0.894. The number of anilines is 1. The molecule has 0 bridgehead atoms. The lowest BCUT2D eigenvalue weighted by Crippen LogP contribution is -2.24. The highest BCUT2D eigenvalue weighted by Gasteiger charge is 2.31. The quantitative estimate of drug-likeness (QED) is 0.618. The van der Waals surface area contributed by atoms with E-state index >= 15 is 0 Å². The number of nitrogens with one attached hydrogen (secondary N) is 2. The lowest BCUT2D eigenvalue weighted by Gasteiger charge is -2.10. The van der Waals surface area contributed by atoms with Crippen LogP contribution in [0.15, 0.2) is 12.1 Å². The van der Waals surface area contributed by atoms with Crippen molar-refractivity contribution in [2.75, 3.05) is 24.7 Å². The standard InChI is InChI=1S/C10H13ClF3N3O2S/c1-20(18,19)16-4-2-3-15-9-6-7(10(12,13)14)5-8(11)17-9/h5-6,16H,2-4H2,1H3,(H,15,17). The number of nitrogens with zero attached hydrogens (tertiary/aromatic N) is 1. The predicted molar refractivity (Wildman–Crippen MR) is 70.2 cm³/mol. The van der Waals surface area contributed by atoms with Gasteiger partial charge >= 0.3 is 6.18 Å². The van der Waals surface area contributed by atoms with Crippen LogP contribution in [0.25, 0.3) is 0 Å². The van der Waals surface area contributed by atoms with E-state index in [1.54, 1.807) is 0 Å². The maximum absolute atomic E-state index is 12.5. The van der Waals surface area contributed by atoms with E-state index in [2.05, 4.69) is 15.0 Å². The largest absolute Gasteiger partial charge is 0.416 e. The second-order valence-corrected chi connectivity index (χ2v) is 6.23. The summed E-state index contributed by atoms with van der Waals surface area (Å²) in [5, 5.41) is 2.39. The normalized spacial score (nSPS) is 12.4. The average Bonchev–Trinajstić information content (AvgIpc) is 2.25. The van der Waals surface area contributed by atoms with Crippen LogP contribution >= 0.6 is 11.6 Å². The number of hydrogen-bond donors (Lipinski definition) is 2. The highest BCUT2D eigenvalue weighted by atomic mass is 35.5. The van der Waals surface area contributed by atoms with Crippen LogP contribution < -0.4 is 10.0 Å². The molecular formula is C10H13ClF3N3O2S. The molecular weight excluding hydrogens is 319 g/mol. The first-order valence-electron chi connectivity index (χ1n) is 5.51. The lowest BCUT2D eigenvalue weighted by molar-refractivity contribution is -0.137. The fourth-order valence-corrected chi connectivity index (χ4v) is 2.04. The number of aromatic nitrogens is 1. The third-order valence-corrected chi connectivity index (χ3v) is 3.07. The maximum Gasteiger partial charge on any atom is 0.416 e. The van der Waals surface area contributed by atoms with Crippen molar-refractivity contribution < 1.29 is 21.6 Å². The Morgan fingerprint density at radius 2 is 1.95 bits per heavy atom. The number of halogens is 4. The van der Waals surface area contributed by atoms with Crippen molar-refractivity contribution in [2.24, 2.45) is 0 Å². The molecule has 20 heavy (non-hydrogen) atoms. The van der Waals surface area contributed by atoms with E-state index in [4.69, 9.17) is 11.6 Å². The zero-order chi connectivity index (χ0) is 15.4. The predicted octanol–water partition coefficient (Wildman–Crippen LogP) is 2.10. The Bertz CT molecular complexity index is 563. The Labute approximate surface area is 119 Å². The monoisotopic (exact) mass is 331 g/mol. The molecule has 0 aliphatic carbocycles. The SMILES string of the molecule is CS(=O)(=O)NCCCNc1cc(C(F)(F)F)cc(Cl)n1. The van der Waals surface area contributed by atoms with Crippen LogP contribution in [0.1, 0.15) is 12.0 Å². The lowest BCUT2D eigenvalue weighted by atomic mass is 10.2. The zero-order valence-corrected chi connectivity index (χ0v) is 12.0. The van der Waals surface area contributed by atoms with Crippen LogP contribution in [-0.4, -0.2) is 32.7 Å². The van der Waals surface area contributed by atoms with Crippen molar-refractivity contribution >= 4 is 27.4 Å². The van der Waals surface area contributed by atoms with Gasteiger partial charge in [0.15, 0.2) is 0 Å². The van der Waals surface area contributed by atoms with E-state index in [9.17, 15) is 21.6 Å². The Kier molecular flexibility index (Phi) is 5.60. The van der Waals surface area contributed by atoms with Gasteiger partial charge in [-0.25, -0.2) is 18.1 Å². The molecule has 1 heterocycles. The van der Waals surface area contributed by atoms with Crippen molar-refractivity contribution in [3.05, 3.63) is 22.8 Å². The van der Waals surface area contributed by atoms with E-state index < -0.39 is 21.8 Å². The first-order chi connectivity index (χ1) is 9.08. The van der Waals surface area contributed by atoms with Crippen LogP contribution in [-0.2, 0) is 16.2 Å². The van der Waals surface area contributed by atoms with Gasteiger partial charge in [0.1, 0.15) is 11.0 Å². The Morgan fingerprint density at radius 1 is 1.30 bits per heavy atom. The Morgan fingerprint density at radius 3 is 2.50 bits per heavy atom. The van der Waals surface area contributed by atoms with Crippen LogP contribution in [0.3, 0.4) is 0 Å². The topological polar surface area (TPSA) is 71.1 Å². The molecule has 2 N–H and O–H groups in total. The number of hydrogen-bond acceptors (Lipinski definition) is 4. The fraction of sp³-hybridized carbons (Fsp3) is 0.500. The number of rotatable bonds is 6. The van der Waals surface area contributed by atoms with Crippen LogP contribution in [0.4, 0.5) is 19.0 Å². The minimum absolute atomic E-state index is 0.0100. The summed E-state index contributed by atoms with van der Waals surface area (Å²) in [6.07, 6.45) is -3.09. The molecule has 0 saturated carbocycles. The van der Waals surface area contributed by atoms with Gasteiger partial charge in [-0.2, -0.15) is 13.2 Å². The number of alkyl halides is 3. The van der Waals surface area contributed by atoms with E-state index in [0.29, 0.717) is 6.42 Å². The fourth-order valence-electron chi connectivity index (χ4n) is 1.31. The highest BCUT2D eigenvalue weighted by Crippen LogP contribution is 2.31. The van der Waals surface area contributed by atoms with Crippen LogP contribution in [0.5, 0.6) is 0 Å². The van der Waals surface area contributed by atoms with Gasteiger partial charge in [0, 0.05) is 13.1 Å². The summed E-state index contributed by atoms with van der Waals surface area (Å²) in [6.45, 7) is 0.436. The summed E-state index contributed by atoms with van der Waals surface area (Å²) < 4.78 is 61.4. The molecule has 0 aliphatic rings. The number of pyridine rings is 1. The third-order valence-electron chi connectivity index (χ3n) is 2.15. The molecule has 0 fully saturated rings. The molecule has 1 rings (SSSR count). The van der Waals surface area contributed by atoms with Crippen molar-refractivity contribution in [3.8, 4) is 0 Å². The molecule has 0 saturated heterocycles. The van der Waals surface area contributed by atoms with Gasteiger partial charge in [-0.1, -0.05) is 11.6 Å². The van der Waals surface area contributed by atoms with E-state index in [1.807, 2.05) is 0 Å². The second kappa shape index (κ2) is 6.59. The van der Waals surface area contributed by atoms with Gasteiger partial charge in [-0.15, -0.1) is 0 Å². The summed E-state index contributed by atoms with van der Waals surface area (Å²) in [4.78, 5) is 3.71. The molecule has 0 amide bonds. The Hall–Kier alpha value is -1.06. The first-order valence-corrected chi connectivity index (χ1v) is 7.78. The van der Waals surface area contributed by atoms with E-state index in [1.165, 1.54) is 0 Å². The molecule has 10 heteroatoms. The van der Waals surface area contributed by atoms with E-state index in [0.717, 1.165) is 18.4 Å². The van der Waals surface area contributed by atoms with Gasteiger partial charge in [0.2, 0.25) is 10.0 Å². The van der Waals surface area contributed by atoms with Crippen molar-refractivity contribution in [3.63, 3.8) is 0 Å². The third kappa shape index (κ3) is 6.40. The van der Waals surface area contributed by atoms with Crippen molar-refractivity contribution in [1.82, 2.24) is 9.71 Å². The van der Waals surface area contributed by atoms with Crippen LogP contribution in [0.2, 0.25) is 5.15 Å². The Balaban J connectivity index is 2.54. The zero-order valence-electron chi connectivity index (χ0n) is 10.5.